The normalized spacial score (nSPS) is 27.8. The van der Waals surface area contributed by atoms with E-state index in [1.54, 1.807) is 11.8 Å². The Hall–Kier alpha value is -1.16. The van der Waals surface area contributed by atoms with Crippen molar-refractivity contribution in [3.05, 3.63) is 18.2 Å². The number of benzene rings is 1. The van der Waals surface area contributed by atoms with E-state index >= 15 is 0 Å². The van der Waals surface area contributed by atoms with E-state index in [2.05, 4.69) is 18.8 Å². The van der Waals surface area contributed by atoms with Crippen molar-refractivity contribution in [2.24, 2.45) is 11.8 Å². The maximum atomic E-state index is 5.78. The van der Waals surface area contributed by atoms with Crippen LogP contribution in [0.2, 0.25) is 0 Å². The van der Waals surface area contributed by atoms with E-state index in [9.17, 15) is 0 Å². The first-order valence-corrected chi connectivity index (χ1v) is 7.82. The van der Waals surface area contributed by atoms with Crippen LogP contribution in [0.15, 0.2) is 27.8 Å². The Morgan fingerprint density at radius 2 is 2.11 bits per heavy atom. The van der Waals surface area contributed by atoms with Crippen molar-refractivity contribution >= 4 is 28.5 Å². The summed E-state index contributed by atoms with van der Waals surface area (Å²) in [5.74, 6) is 1.64. The van der Waals surface area contributed by atoms with Gasteiger partial charge in [0.1, 0.15) is 5.52 Å². The monoisotopic (exact) mass is 276 g/mol. The number of oxazole rings is 1. The van der Waals surface area contributed by atoms with E-state index in [4.69, 9.17) is 10.2 Å². The minimum Gasteiger partial charge on any atom is -0.431 e. The average molecular weight is 276 g/mol. The number of nitrogen functional groups attached to an aromatic ring is 1. The summed E-state index contributed by atoms with van der Waals surface area (Å²) in [7, 11) is 0. The minimum absolute atomic E-state index is 0.636. The van der Waals surface area contributed by atoms with Crippen molar-refractivity contribution in [2.45, 2.75) is 43.6 Å². The lowest BCUT2D eigenvalue weighted by molar-refractivity contribution is 0.283. The molecule has 1 heterocycles. The molecule has 1 aliphatic rings. The molecule has 3 atom stereocenters. The molecular weight excluding hydrogens is 256 g/mol. The first-order chi connectivity index (χ1) is 9.11. The van der Waals surface area contributed by atoms with Gasteiger partial charge in [0.15, 0.2) is 5.58 Å². The van der Waals surface area contributed by atoms with Gasteiger partial charge in [-0.3, -0.25) is 0 Å². The molecule has 19 heavy (non-hydrogen) atoms. The molecule has 4 heteroatoms. The van der Waals surface area contributed by atoms with Crippen LogP contribution in [0.1, 0.15) is 33.1 Å². The quantitative estimate of drug-likeness (QED) is 0.830. The topological polar surface area (TPSA) is 52.0 Å². The Bertz CT molecular complexity index is 581. The maximum Gasteiger partial charge on any atom is 0.257 e. The van der Waals surface area contributed by atoms with E-state index in [1.807, 2.05) is 18.2 Å². The Balaban J connectivity index is 1.74. The zero-order valence-electron chi connectivity index (χ0n) is 11.4. The van der Waals surface area contributed by atoms with Crippen molar-refractivity contribution in [3.63, 3.8) is 0 Å². The molecule has 0 spiro atoms. The zero-order valence-corrected chi connectivity index (χ0v) is 12.2. The fourth-order valence-electron chi connectivity index (χ4n) is 2.72. The Labute approximate surface area is 118 Å². The molecule has 1 fully saturated rings. The summed E-state index contributed by atoms with van der Waals surface area (Å²) >= 11 is 1.78. The van der Waals surface area contributed by atoms with E-state index in [0.29, 0.717) is 5.25 Å². The molecule has 0 radical (unpaired) electrons. The summed E-state index contributed by atoms with van der Waals surface area (Å²) in [5.41, 5.74) is 8.18. The number of nitrogens with two attached hydrogens (primary N) is 1. The molecular formula is C15H20N2OS. The van der Waals surface area contributed by atoms with Crippen molar-refractivity contribution in [2.75, 3.05) is 5.73 Å². The molecule has 0 aliphatic heterocycles. The predicted molar refractivity (Wildman–Crippen MR) is 80.2 cm³/mol. The standard InChI is InChI=1S/C15H20N2OS/c1-9-3-5-12(7-10(9)2)19-15-17-13-8-11(16)4-6-14(13)18-15/h4,6,8-10,12H,3,5,7,16H2,1-2H3. The third kappa shape index (κ3) is 2.73. The molecule has 2 N–H and O–H groups in total. The Kier molecular flexibility index (Phi) is 3.44. The van der Waals surface area contributed by atoms with Gasteiger partial charge in [0.25, 0.3) is 5.22 Å². The lowest BCUT2D eigenvalue weighted by Gasteiger charge is -2.30. The van der Waals surface area contributed by atoms with E-state index in [-0.39, 0.29) is 0 Å². The lowest BCUT2D eigenvalue weighted by Crippen LogP contribution is -2.22. The summed E-state index contributed by atoms with van der Waals surface area (Å²) in [6.07, 6.45) is 3.83. The second-order valence-corrected chi connectivity index (χ2v) is 6.97. The molecule has 0 amide bonds. The van der Waals surface area contributed by atoms with E-state index in [0.717, 1.165) is 33.8 Å². The number of fused-ring (bicyclic) bond motifs is 1. The van der Waals surface area contributed by atoms with E-state index < -0.39 is 0 Å². The van der Waals surface area contributed by atoms with Crippen LogP contribution in [0.3, 0.4) is 0 Å². The molecule has 3 nitrogen and oxygen atoms in total. The third-order valence-electron chi connectivity index (χ3n) is 4.21. The van der Waals surface area contributed by atoms with Gasteiger partial charge in [0.05, 0.1) is 0 Å². The van der Waals surface area contributed by atoms with Gasteiger partial charge in [0, 0.05) is 10.9 Å². The number of anilines is 1. The SMILES string of the molecule is CC1CCC(Sc2nc3cc(N)ccc3o2)CC1C. The van der Waals surface area contributed by atoms with Crippen LogP contribution in [0.4, 0.5) is 5.69 Å². The summed E-state index contributed by atoms with van der Waals surface area (Å²) in [6, 6.07) is 5.62. The van der Waals surface area contributed by atoms with Gasteiger partial charge in [-0.25, -0.2) is 4.98 Å². The fourth-order valence-corrected chi connectivity index (χ4v) is 3.95. The Morgan fingerprint density at radius 1 is 1.26 bits per heavy atom. The molecule has 1 aromatic carbocycles. The van der Waals surface area contributed by atoms with Crippen LogP contribution < -0.4 is 5.73 Å². The number of aromatic nitrogens is 1. The zero-order chi connectivity index (χ0) is 13.4. The highest BCUT2D eigenvalue weighted by molar-refractivity contribution is 7.99. The lowest BCUT2D eigenvalue weighted by atomic mass is 9.81. The molecule has 0 saturated heterocycles. The molecule has 0 bridgehead atoms. The summed E-state index contributed by atoms with van der Waals surface area (Å²) in [4.78, 5) is 4.53. The van der Waals surface area contributed by atoms with Gasteiger partial charge in [-0.2, -0.15) is 0 Å². The van der Waals surface area contributed by atoms with Crippen LogP contribution in [0.5, 0.6) is 0 Å². The highest BCUT2D eigenvalue weighted by Gasteiger charge is 2.26. The van der Waals surface area contributed by atoms with Crippen LogP contribution in [0, 0.1) is 11.8 Å². The molecule has 1 aromatic heterocycles. The smallest absolute Gasteiger partial charge is 0.257 e. The molecule has 2 aromatic rings. The van der Waals surface area contributed by atoms with Gasteiger partial charge < -0.3 is 10.2 Å². The van der Waals surface area contributed by atoms with Crippen LogP contribution in [-0.2, 0) is 0 Å². The summed E-state index contributed by atoms with van der Waals surface area (Å²) in [6.45, 7) is 4.71. The van der Waals surface area contributed by atoms with Crippen molar-refractivity contribution in [1.29, 1.82) is 0 Å². The average Bonchev–Trinajstić information content (AvgIpc) is 2.75. The molecule has 3 rings (SSSR count). The van der Waals surface area contributed by atoms with Crippen molar-refractivity contribution < 1.29 is 4.42 Å². The first-order valence-electron chi connectivity index (χ1n) is 6.94. The number of nitrogens with zero attached hydrogens (tertiary/aromatic N) is 1. The second kappa shape index (κ2) is 5.08. The summed E-state index contributed by atoms with van der Waals surface area (Å²) < 4.78 is 5.78. The van der Waals surface area contributed by atoms with Gasteiger partial charge >= 0.3 is 0 Å². The fraction of sp³-hybridized carbons (Fsp3) is 0.533. The first kappa shape index (κ1) is 12.9. The second-order valence-electron chi connectivity index (χ2n) is 5.71. The van der Waals surface area contributed by atoms with Gasteiger partial charge in [0.2, 0.25) is 0 Å². The number of hydrogen-bond donors (Lipinski definition) is 1. The van der Waals surface area contributed by atoms with Gasteiger partial charge in [-0.05, 0) is 49.3 Å². The summed E-state index contributed by atoms with van der Waals surface area (Å²) in [5, 5.41) is 1.42. The van der Waals surface area contributed by atoms with Gasteiger partial charge in [-0.15, -0.1) is 0 Å². The highest BCUT2D eigenvalue weighted by Crippen LogP contribution is 2.39. The minimum atomic E-state index is 0.636. The largest absolute Gasteiger partial charge is 0.431 e. The van der Waals surface area contributed by atoms with Crippen LogP contribution in [0.25, 0.3) is 11.1 Å². The number of thioether (sulfide) groups is 1. The molecule has 1 aliphatic carbocycles. The molecule has 3 unspecified atom stereocenters. The Morgan fingerprint density at radius 3 is 2.89 bits per heavy atom. The van der Waals surface area contributed by atoms with Crippen LogP contribution in [-0.4, -0.2) is 10.2 Å². The van der Waals surface area contributed by atoms with Gasteiger partial charge in [-0.1, -0.05) is 25.6 Å². The number of hydrogen-bond acceptors (Lipinski definition) is 4. The molecule has 1 saturated carbocycles. The predicted octanol–water partition coefficient (Wildman–Crippen LogP) is 4.33. The van der Waals surface area contributed by atoms with Crippen molar-refractivity contribution in [1.82, 2.24) is 4.98 Å². The maximum absolute atomic E-state index is 5.78. The van der Waals surface area contributed by atoms with E-state index in [1.165, 1.54) is 19.3 Å². The van der Waals surface area contributed by atoms with Crippen LogP contribution >= 0.6 is 11.8 Å². The highest BCUT2D eigenvalue weighted by atomic mass is 32.2. The number of rotatable bonds is 2. The third-order valence-corrected chi connectivity index (χ3v) is 5.35. The molecule has 102 valence electrons. The van der Waals surface area contributed by atoms with Crippen molar-refractivity contribution in [3.8, 4) is 0 Å².